The Morgan fingerprint density at radius 2 is 1.52 bits per heavy atom. The third-order valence-corrected chi connectivity index (χ3v) is 7.27. The van der Waals surface area contributed by atoms with Gasteiger partial charge in [0.1, 0.15) is 12.4 Å². The summed E-state index contributed by atoms with van der Waals surface area (Å²) in [6, 6.07) is 22.8. The Labute approximate surface area is 181 Å². The highest BCUT2D eigenvalue weighted by molar-refractivity contribution is 7.91. The van der Waals surface area contributed by atoms with E-state index >= 15 is 0 Å². The molecule has 2 atom stereocenters. The first-order valence-electron chi connectivity index (χ1n) is 10.0. The molecule has 0 aliphatic heterocycles. The zero-order valence-corrected chi connectivity index (χ0v) is 17.6. The topological polar surface area (TPSA) is 92.7 Å². The van der Waals surface area contributed by atoms with Crippen molar-refractivity contribution in [3.05, 3.63) is 90.0 Å². The maximum absolute atomic E-state index is 12.6. The molecular formula is C24H23NO5S. The van der Waals surface area contributed by atoms with Crippen LogP contribution in [0, 0.1) is 11.8 Å². The van der Waals surface area contributed by atoms with E-state index in [1.807, 2.05) is 24.3 Å². The van der Waals surface area contributed by atoms with Crippen LogP contribution < -0.4 is 10.2 Å². The summed E-state index contributed by atoms with van der Waals surface area (Å²) in [7, 11) is -3.52. The van der Waals surface area contributed by atoms with E-state index < -0.39 is 9.84 Å². The molecule has 3 aromatic carbocycles. The first-order valence-corrected chi connectivity index (χ1v) is 11.5. The molecule has 0 spiro atoms. The molecule has 0 radical (unpaired) electrons. The molecule has 31 heavy (non-hydrogen) atoms. The van der Waals surface area contributed by atoms with Gasteiger partial charge in [-0.25, -0.2) is 13.9 Å². The van der Waals surface area contributed by atoms with Gasteiger partial charge in [-0.05, 0) is 66.3 Å². The fourth-order valence-electron chi connectivity index (χ4n) is 3.57. The van der Waals surface area contributed by atoms with Crippen LogP contribution in [0.3, 0.4) is 0 Å². The molecule has 0 unspecified atom stereocenters. The zero-order chi connectivity index (χ0) is 21.8. The molecule has 0 aromatic heterocycles. The Hall–Kier alpha value is -3.16. The molecular weight excluding hydrogens is 414 g/mol. The van der Waals surface area contributed by atoms with Gasteiger partial charge < -0.3 is 4.74 Å². The van der Waals surface area contributed by atoms with Crippen molar-refractivity contribution < 1.29 is 23.2 Å². The highest BCUT2D eigenvalue weighted by atomic mass is 32.2. The summed E-state index contributed by atoms with van der Waals surface area (Å²) in [5.74, 6) is 0.567. The summed E-state index contributed by atoms with van der Waals surface area (Å²) in [6.07, 6.45) is 1.58. The van der Waals surface area contributed by atoms with E-state index in [-0.39, 0.29) is 27.5 Å². The molecule has 0 saturated heterocycles. The lowest BCUT2D eigenvalue weighted by molar-refractivity contribution is -0.130. The number of benzene rings is 3. The molecule has 2 N–H and O–H groups in total. The lowest BCUT2D eigenvalue weighted by Gasteiger charge is -2.09. The zero-order valence-electron chi connectivity index (χ0n) is 16.8. The molecule has 1 saturated carbocycles. The molecule has 3 aromatic rings. The van der Waals surface area contributed by atoms with Gasteiger partial charge in [0.25, 0.3) is 0 Å². The number of nitrogens with one attached hydrogen (secondary N) is 1. The monoisotopic (exact) mass is 437 g/mol. The van der Waals surface area contributed by atoms with Crippen LogP contribution in [0.4, 0.5) is 0 Å². The fourth-order valence-corrected chi connectivity index (χ4v) is 4.85. The molecule has 0 bridgehead atoms. The Bertz CT molecular complexity index is 1140. The highest BCUT2D eigenvalue weighted by Gasteiger charge is 2.42. The van der Waals surface area contributed by atoms with E-state index in [2.05, 4.69) is 0 Å². The summed E-state index contributed by atoms with van der Waals surface area (Å²) in [5, 5.41) is 8.68. The Balaban J connectivity index is 1.32. The molecule has 4 rings (SSSR count). The number of carbonyl (C=O) groups excluding carboxylic acids is 1. The smallest absolute Gasteiger partial charge is 0.246 e. The maximum atomic E-state index is 12.6. The van der Waals surface area contributed by atoms with Crippen LogP contribution in [0.1, 0.15) is 17.5 Å². The standard InChI is InChI=1S/C24H23NO5S/c26-24(25-27)23-15-19(23)14-17-6-10-20(11-7-17)30-16-18-8-12-22(13-9-18)31(28,29)21-4-2-1-3-5-21/h1-13,19,23,27H,14-16H2,(H,25,26)/t19-,23+/m1/s1. The van der Waals surface area contributed by atoms with Crippen molar-refractivity contribution in [3.8, 4) is 5.75 Å². The molecule has 1 amide bonds. The van der Waals surface area contributed by atoms with E-state index in [4.69, 9.17) is 9.94 Å². The van der Waals surface area contributed by atoms with Gasteiger partial charge >= 0.3 is 0 Å². The number of hydroxylamine groups is 1. The molecule has 7 heteroatoms. The van der Waals surface area contributed by atoms with Gasteiger partial charge in [0, 0.05) is 5.92 Å². The van der Waals surface area contributed by atoms with Gasteiger partial charge in [0.2, 0.25) is 15.7 Å². The third kappa shape index (κ3) is 4.95. The summed E-state index contributed by atoms with van der Waals surface area (Å²) in [4.78, 5) is 11.9. The van der Waals surface area contributed by atoms with Gasteiger partial charge in [0.15, 0.2) is 0 Å². The quantitative estimate of drug-likeness (QED) is 0.413. The molecule has 6 nitrogen and oxygen atoms in total. The minimum Gasteiger partial charge on any atom is -0.489 e. The maximum Gasteiger partial charge on any atom is 0.246 e. The molecule has 160 valence electrons. The van der Waals surface area contributed by atoms with Crippen molar-refractivity contribution >= 4 is 15.7 Å². The summed E-state index contributed by atoms with van der Waals surface area (Å²) >= 11 is 0. The SMILES string of the molecule is O=C(NO)[C@H]1C[C@H]1Cc1ccc(OCc2ccc(S(=O)(=O)c3ccccc3)cc2)cc1. The largest absolute Gasteiger partial charge is 0.489 e. The predicted molar refractivity (Wildman–Crippen MR) is 114 cm³/mol. The predicted octanol–water partition coefficient (Wildman–Crippen LogP) is 3.78. The van der Waals surface area contributed by atoms with E-state index in [0.717, 1.165) is 24.0 Å². The average Bonchev–Trinajstić information content (AvgIpc) is 3.58. The number of sulfone groups is 1. The van der Waals surface area contributed by atoms with Gasteiger partial charge in [-0.15, -0.1) is 0 Å². The van der Waals surface area contributed by atoms with Crippen LogP contribution in [0.15, 0.2) is 88.7 Å². The van der Waals surface area contributed by atoms with Gasteiger partial charge in [-0.2, -0.15) is 0 Å². The van der Waals surface area contributed by atoms with Crippen molar-refractivity contribution in [1.82, 2.24) is 5.48 Å². The fraction of sp³-hybridized carbons (Fsp3) is 0.208. The lowest BCUT2D eigenvalue weighted by atomic mass is 10.1. The summed E-state index contributed by atoms with van der Waals surface area (Å²) < 4.78 is 31.1. The van der Waals surface area contributed by atoms with Crippen molar-refractivity contribution in [2.24, 2.45) is 11.8 Å². The van der Waals surface area contributed by atoms with E-state index in [1.54, 1.807) is 60.1 Å². The van der Waals surface area contributed by atoms with Crippen LogP contribution >= 0.6 is 0 Å². The van der Waals surface area contributed by atoms with Crippen LogP contribution in [-0.2, 0) is 27.7 Å². The van der Waals surface area contributed by atoms with Crippen molar-refractivity contribution in [3.63, 3.8) is 0 Å². The molecule has 1 aliphatic rings. The first-order chi connectivity index (χ1) is 15.0. The number of ether oxygens (including phenoxy) is 1. The second-order valence-corrected chi connectivity index (χ2v) is 9.63. The number of rotatable bonds is 8. The first kappa shape index (κ1) is 21.1. The van der Waals surface area contributed by atoms with E-state index in [1.165, 1.54) is 0 Å². The summed E-state index contributed by atoms with van der Waals surface area (Å²) in [6.45, 7) is 0.326. The summed E-state index contributed by atoms with van der Waals surface area (Å²) in [5.41, 5.74) is 3.69. The van der Waals surface area contributed by atoms with Crippen LogP contribution in [-0.4, -0.2) is 19.5 Å². The van der Waals surface area contributed by atoms with Crippen molar-refractivity contribution in [2.75, 3.05) is 0 Å². The van der Waals surface area contributed by atoms with Crippen LogP contribution in [0.2, 0.25) is 0 Å². The van der Waals surface area contributed by atoms with E-state index in [0.29, 0.717) is 12.4 Å². The van der Waals surface area contributed by atoms with Gasteiger partial charge in [-0.1, -0.05) is 42.5 Å². The van der Waals surface area contributed by atoms with E-state index in [9.17, 15) is 13.2 Å². The second-order valence-electron chi connectivity index (χ2n) is 7.68. The van der Waals surface area contributed by atoms with Crippen LogP contribution in [0.5, 0.6) is 5.75 Å². The highest BCUT2D eigenvalue weighted by Crippen LogP contribution is 2.41. The lowest BCUT2D eigenvalue weighted by Crippen LogP contribution is -2.21. The van der Waals surface area contributed by atoms with Crippen molar-refractivity contribution in [1.29, 1.82) is 0 Å². The normalized spacial score (nSPS) is 17.7. The minimum atomic E-state index is -3.52. The molecule has 1 aliphatic carbocycles. The number of carbonyl (C=O) groups is 1. The number of hydrogen-bond acceptors (Lipinski definition) is 5. The second kappa shape index (κ2) is 8.91. The average molecular weight is 438 g/mol. The van der Waals surface area contributed by atoms with Gasteiger partial charge in [0.05, 0.1) is 9.79 Å². The third-order valence-electron chi connectivity index (χ3n) is 5.48. The Morgan fingerprint density at radius 1 is 0.903 bits per heavy atom. The number of amides is 1. The van der Waals surface area contributed by atoms with Crippen molar-refractivity contribution in [2.45, 2.75) is 29.2 Å². The number of hydrogen-bond donors (Lipinski definition) is 2. The Kier molecular flexibility index (Phi) is 6.06. The van der Waals surface area contributed by atoms with Crippen LogP contribution in [0.25, 0.3) is 0 Å². The minimum absolute atomic E-state index is 0.102. The van der Waals surface area contributed by atoms with Gasteiger partial charge in [-0.3, -0.25) is 10.0 Å². The molecule has 0 heterocycles. The Morgan fingerprint density at radius 3 is 2.16 bits per heavy atom. The molecule has 1 fully saturated rings.